The van der Waals surface area contributed by atoms with Gasteiger partial charge in [0.25, 0.3) is 0 Å². The van der Waals surface area contributed by atoms with Crippen LogP contribution in [0.25, 0.3) is 0 Å². The van der Waals surface area contributed by atoms with Crippen LogP contribution in [0.2, 0.25) is 0 Å². The third-order valence-corrected chi connectivity index (χ3v) is 4.66. The monoisotopic (exact) mass is 223 g/mol. The minimum absolute atomic E-state index is 0.774. The molecule has 1 nitrogen and oxygen atoms in total. The summed E-state index contributed by atoms with van der Waals surface area (Å²) in [7, 11) is 0. The molecule has 1 aliphatic carbocycles. The standard InChI is InChI=1S/C13H21NS/c1-3-11-4-5-12(8-11)14-9-13-10(2)6-7-15-13/h6-7,11-12,14H,3-5,8-9H2,1-2H3. The molecule has 1 saturated carbocycles. The van der Waals surface area contributed by atoms with Crippen molar-refractivity contribution in [2.45, 2.75) is 52.1 Å². The summed E-state index contributed by atoms with van der Waals surface area (Å²) in [6, 6.07) is 2.99. The lowest BCUT2D eigenvalue weighted by Gasteiger charge is -2.12. The van der Waals surface area contributed by atoms with Gasteiger partial charge in [0.2, 0.25) is 0 Å². The summed E-state index contributed by atoms with van der Waals surface area (Å²) in [5.41, 5.74) is 1.44. The molecule has 1 aromatic rings. The largest absolute Gasteiger partial charge is 0.309 e. The normalized spacial score (nSPS) is 26.0. The lowest BCUT2D eigenvalue weighted by Crippen LogP contribution is -2.25. The van der Waals surface area contributed by atoms with Crippen LogP contribution in [0.3, 0.4) is 0 Å². The summed E-state index contributed by atoms with van der Waals surface area (Å²) in [6.07, 6.45) is 5.55. The zero-order chi connectivity index (χ0) is 10.7. The summed E-state index contributed by atoms with van der Waals surface area (Å²) in [5.74, 6) is 0.979. The Hall–Kier alpha value is -0.340. The summed E-state index contributed by atoms with van der Waals surface area (Å²) >= 11 is 1.88. The highest BCUT2D eigenvalue weighted by Gasteiger charge is 2.22. The van der Waals surface area contributed by atoms with E-state index >= 15 is 0 Å². The molecule has 2 heteroatoms. The molecule has 2 rings (SSSR count). The maximum atomic E-state index is 3.70. The van der Waals surface area contributed by atoms with Crippen LogP contribution in [0.1, 0.15) is 43.0 Å². The smallest absolute Gasteiger partial charge is 0.0304 e. The molecule has 2 atom stereocenters. The summed E-state index contributed by atoms with van der Waals surface area (Å²) in [6.45, 7) is 5.60. The van der Waals surface area contributed by atoms with E-state index in [4.69, 9.17) is 0 Å². The van der Waals surface area contributed by atoms with Crippen molar-refractivity contribution >= 4 is 11.3 Å². The molecule has 1 aromatic heterocycles. The average Bonchev–Trinajstić information content (AvgIpc) is 2.84. The van der Waals surface area contributed by atoms with E-state index in [0.717, 1.165) is 18.5 Å². The summed E-state index contributed by atoms with van der Waals surface area (Å²) in [5, 5.41) is 5.89. The average molecular weight is 223 g/mol. The zero-order valence-corrected chi connectivity index (χ0v) is 10.6. The first-order valence-corrected chi connectivity index (χ1v) is 6.94. The van der Waals surface area contributed by atoms with Gasteiger partial charge in [0.1, 0.15) is 0 Å². The van der Waals surface area contributed by atoms with Crippen molar-refractivity contribution in [3.8, 4) is 0 Å². The summed E-state index contributed by atoms with van der Waals surface area (Å²) in [4.78, 5) is 1.51. The predicted molar refractivity (Wildman–Crippen MR) is 67.3 cm³/mol. The number of aryl methyl sites for hydroxylation is 1. The van der Waals surface area contributed by atoms with Crippen LogP contribution in [-0.2, 0) is 6.54 Å². The first-order chi connectivity index (χ1) is 7.29. The number of thiophene rings is 1. The van der Waals surface area contributed by atoms with E-state index in [1.165, 1.54) is 36.1 Å². The second-order valence-corrected chi connectivity index (χ2v) is 5.69. The maximum Gasteiger partial charge on any atom is 0.0304 e. The van der Waals surface area contributed by atoms with Gasteiger partial charge in [0, 0.05) is 17.5 Å². The van der Waals surface area contributed by atoms with Gasteiger partial charge in [-0.25, -0.2) is 0 Å². The molecule has 0 aliphatic heterocycles. The van der Waals surface area contributed by atoms with Crippen LogP contribution in [0.4, 0.5) is 0 Å². The Bertz CT molecular complexity index is 305. The van der Waals surface area contributed by atoms with E-state index in [1.807, 2.05) is 11.3 Å². The second-order valence-electron chi connectivity index (χ2n) is 4.69. The van der Waals surface area contributed by atoms with Gasteiger partial charge in [-0.15, -0.1) is 11.3 Å². The lowest BCUT2D eigenvalue weighted by atomic mass is 10.1. The van der Waals surface area contributed by atoms with Gasteiger partial charge >= 0.3 is 0 Å². The molecule has 0 radical (unpaired) electrons. The fraction of sp³-hybridized carbons (Fsp3) is 0.692. The van der Waals surface area contributed by atoms with Crippen molar-refractivity contribution in [3.05, 3.63) is 21.9 Å². The third-order valence-electron chi connectivity index (χ3n) is 3.64. The Labute approximate surface area is 96.9 Å². The molecule has 15 heavy (non-hydrogen) atoms. The van der Waals surface area contributed by atoms with E-state index in [-0.39, 0.29) is 0 Å². The van der Waals surface area contributed by atoms with Crippen LogP contribution in [0.5, 0.6) is 0 Å². The van der Waals surface area contributed by atoms with Crippen molar-refractivity contribution in [2.75, 3.05) is 0 Å². The van der Waals surface area contributed by atoms with Crippen molar-refractivity contribution in [2.24, 2.45) is 5.92 Å². The molecule has 84 valence electrons. The molecular formula is C13H21NS. The van der Waals surface area contributed by atoms with Crippen molar-refractivity contribution in [1.29, 1.82) is 0 Å². The minimum atomic E-state index is 0.774. The first kappa shape index (κ1) is 11.2. The van der Waals surface area contributed by atoms with Crippen LogP contribution in [-0.4, -0.2) is 6.04 Å². The topological polar surface area (TPSA) is 12.0 Å². The molecule has 1 fully saturated rings. The number of hydrogen-bond acceptors (Lipinski definition) is 2. The fourth-order valence-electron chi connectivity index (χ4n) is 2.45. The van der Waals surface area contributed by atoms with E-state index in [0.29, 0.717) is 0 Å². The van der Waals surface area contributed by atoms with Crippen LogP contribution in [0, 0.1) is 12.8 Å². The molecule has 1 heterocycles. The quantitative estimate of drug-likeness (QED) is 0.820. The van der Waals surface area contributed by atoms with Crippen LogP contribution < -0.4 is 5.32 Å². The van der Waals surface area contributed by atoms with Gasteiger partial charge in [-0.1, -0.05) is 13.3 Å². The van der Waals surface area contributed by atoms with Gasteiger partial charge in [-0.3, -0.25) is 0 Å². The molecule has 2 unspecified atom stereocenters. The molecule has 0 bridgehead atoms. The summed E-state index contributed by atoms with van der Waals surface area (Å²) < 4.78 is 0. The second kappa shape index (κ2) is 5.13. The molecular weight excluding hydrogens is 202 g/mol. The van der Waals surface area contributed by atoms with Crippen molar-refractivity contribution in [3.63, 3.8) is 0 Å². The Morgan fingerprint density at radius 1 is 1.47 bits per heavy atom. The third kappa shape index (κ3) is 2.82. The molecule has 0 saturated heterocycles. The van der Waals surface area contributed by atoms with Gasteiger partial charge < -0.3 is 5.32 Å². The highest BCUT2D eigenvalue weighted by molar-refractivity contribution is 7.10. The molecule has 1 N–H and O–H groups in total. The number of nitrogens with one attached hydrogen (secondary N) is 1. The van der Waals surface area contributed by atoms with E-state index < -0.39 is 0 Å². The van der Waals surface area contributed by atoms with Crippen molar-refractivity contribution in [1.82, 2.24) is 5.32 Å². The highest BCUT2D eigenvalue weighted by atomic mass is 32.1. The molecule has 0 amide bonds. The van der Waals surface area contributed by atoms with E-state index in [9.17, 15) is 0 Å². The van der Waals surface area contributed by atoms with Crippen LogP contribution >= 0.6 is 11.3 Å². The van der Waals surface area contributed by atoms with Gasteiger partial charge in [0.15, 0.2) is 0 Å². The predicted octanol–water partition coefficient (Wildman–Crippen LogP) is 3.72. The Morgan fingerprint density at radius 3 is 2.93 bits per heavy atom. The number of hydrogen-bond donors (Lipinski definition) is 1. The van der Waals surface area contributed by atoms with E-state index in [1.54, 1.807) is 0 Å². The van der Waals surface area contributed by atoms with Gasteiger partial charge in [-0.05, 0) is 49.1 Å². The first-order valence-electron chi connectivity index (χ1n) is 6.06. The Morgan fingerprint density at radius 2 is 2.33 bits per heavy atom. The Kier molecular flexibility index (Phi) is 3.81. The van der Waals surface area contributed by atoms with Crippen LogP contribution in [0.15, 0.2) is 11.4 Å². The highest BCUT2D eigenvalue weighted by Crippen LogP contribution is 2.28. The molecule has 1 aliphatic rings. The molecule has 0 aromatic carbocycles. The lowest BCUT2D eigenvalue weighted by molar-refractivity contribution is 0.478. The zero-order valence-electron chi connectivity index (χ0n) is 9.75. The number of rotatable bonds is 4. The van der Waals surface area contributed by atoms with Gasteiger partial charge in [-0.2, -0.15) is 0 Å². The molecule has 0 spiro atoms. The van der Waals surface area contributed by atoms with Gasteiger partial charge in [0.05, 0.1) is 0 Å². The Balaban J connectivity index is 1.77. The van der Waals surface area contributed by atoms with E-state index in [2.05, 4.69) is 30.6 Å². The van der Waals surface area contributed by atoms with Crippen molar-refractivity contribution < 1.29 is 0 Å². The minimum Gasteiger partial charge on any atom is -0.309 e. The fourth-order valence-corrected chi connectivity index (χ4v) is 3.31. The maximum absolute atomic E-state index is 3.70. The SMILES string of the molecule is CCC1CCC(NCc2sccc2C)C1.